The number of anilines is 1. The summed E-state index contributed by atoms with van der Waals surface area (Å²) < 4.78 is 5.09. The normalized spacial score (nSPS) is 10.1. The number of hydrogen-bond acceptors (Lipinski definition) is 6. The van der Waals surface area contributed by atoms with Crippen LogP contribution < -0.4 is 5.32 Å². The lowest BCUT2D eigenvalue weighted by atomic mass is 10.3. The van der Waals surface area contributed by atoms with Gasteiger partial charge in [-0.15, -0.1) is 11.3 Å². The predicted octanol–water partition coefficient (Wildman–Crippen LogP) is 2.52. The summed E-state index contributed by atoms with van der Waals surface area (Å²) in [5.74, 6) is -0.545. The Bertz CT molecular complexity index is 548. The van der Waals surface area contributed by atoms with Gasteiger partial charge in [-0.25, -0.2) is 9.78 Å². The van der Waals surface area contributed by atoms with E-state index in [-0.39, 0.29) is 18.5 Å². The first-order valence-electron chi connectivity index (χ1n) is 5.06. The Hall–Kier alpha value is -1.73. The van der Waals surface area contributed by atoms with Gasteiger partial charge in [-0.1, -0.05) is 0 Å². The lowest BCUT2D eigenvalue weighted by Gasteiger charge is -2.00. The number of carbonyl (C=O) groups excluding carboxylic acids is 2. The van der Waals surface area contributed by atoms with Gasteiger partial charge in [-0.3, -0.25) is 4.79 Å². The highest BCUT2D eigenvalue weighted by molar-refractivity contribution is 7.13. The van der Waals surface area contributed by atoms with Crippen LogP contribution in [0.25, 0.3) is 0 Å². The molecule has 1 N–H and O–H groups in total. The molecule has 7 heteroatoms. The molecular weight excluding hydrogens is 272 g/mol. The minimum Gasteiger partial charge on any atom is -0.456 e. The van der Waals surface area contributed by atoms with Gasteiger partial charge in [-0.05, 0) is 11.4 Å². The number of ether oxygens (including phenoxy) is 1. The van der Waals surface area contributed by atoms with Crippen molar-refractivity contribution in [3.63, 3.8) is 0 Å². The number of hydrogen-bond donors (Lipinski definition) is 1. The maximum atomic E-state index is 11.6. The van der Waals surface area contributed by atoms with Gasteiger partial charge in [0.05, 0.1) is 11.3 Å². The maximum absolute atomic E-state index is 11.6. The second-order valence-electron chi connectivity index (χ2n) is 3.41. The third kappa shape index (κ3) is 3.38. The number of carbonyl (C=O) groups is 2. The van der Waals surface area contributed by atoms with Crippen molar-refractivity contribution in [3.8, 4) is 0 Å². The number of rotatable bonds is 4. The molecule has 0 unspecified atom stereocenters. The van der Waals surface area contributed by atoms with Crippen LogP contribution in [0.15, 0.2) is 22.2 Å². The van der Waals surface area contributed by atoms with Gasteiger partial charge in [0, 0.05) is 17.7 Å². The van der Waals surface area contributed by atoms with Gasteiger partial charge < -0.3 is 10.1 Å². The number of thiophene rings is 1. The molecule has 0 atom stereocenters. The van der Waals surface area contributed by atoms with E-state index < -0.39 is 0 Å². The van der Waals surface area contributed by atoms with E-state index in [1.165, 1.54) is 29.6 Å². The molecule has 0 bridgehead atoms. The van der Waals surface area contributed by atoms with Crippen LogP contribution in [0.4, 0.5) is 5.13 Å². The second kappa shape index (κ2) is 5.74. The van der Waals surface area contributed by atoms with Crippen molar-refractivity contribution < 1.29 is 14.3 Å². The maximum Gasteiger partial charge on any atom is 0.339 e. The number of thiazole rings is 1. The zero-order chi connectivity index (χ0) is 13.0. The zero-order valence-electron chi connectivity index (χ0n) is 9.50. The van der Waals surface area contributed by atoms with Crippen LogP contribution in [0.5, 0.6) is 0 Å². The summed E-state index contributed by atoms with van der Waals surface area (Å²) in [5.41, 5.74) is 1.16. The van der Waals surface area contributed by atoms with Crippen molar-refractivity contribution in [2.75, 3.05) is 5.32 Å². The highest BCUT2D eigenvalue weighted by Crippen LogP contribution is 2.16. The number of esters is 1. The second-order valence-corrected chi connectivity index (χ2v) is 5.05. The molecule has 0 aliphatic carbocycles. The van der Waals surface area contributed by atoms with Crippen molar-refractivity contribution in [1.29, 1.82) is 0 Å². The molecule has 0 fully saturated rings. The standard InChI is InChI=1S/C11H10N2O3S2/c1-7(14)12-11-13-9(6-18-11)4-16-10(15)8-2-3-17-5-8/h2-3,5-6H,4H2,1H3,(H,12,13,14). The Kier molecular flexibility index (Phi) is 4.06. The number of amides is 1. The summed E-state index contributed by atoms with van der Waals surface area (Å²) in [6.45, 7) is 1.52. The van der Waals surface area contributed by atoms with Gasteiger partial charge in [0.15, 0.2) is 5.13 Å². The molecule has 2 heterocycles. The van der Waals surface area contributed by atoms with E-state index in [1.807, 2.05) is 5.38 Å². The van der Waals surface area contributed by atoms with Crippen LogP contribution in [0.1, 0.15) is 23.0 Å². The lowest BCUT2D eigenvalue weighted by molar-refractivity contribution is -0.114. The highest BCUT2D eigenvalue weighted by Gasteiger charge is 2.09. The van der Waals surface area contributed by atoms with E-state index in [0.717, 1.165) is 0 Å². The summed E-state index contributed by atoms with van der Waals surface area (Å²) >= 11 is 2.73. The van der Waals surface area contributed by atoms with Crippen LogP contribution in [-0.4, -0.2) is 16.9 Å². The molecule has 0 radical (unpaired) electrons. The average Bonchev–Trinajstić information content (AvgIpc) is 2.95. The lowest BCUT2D eigenvalue weighted by Crippen LogP contribution is -2.06. The molecule has 0 aromatic carbocycles. The van der Waals surface area contributed by atoms with Crippen LogP contribution in [0.3, 0.4) is 0 Å². The summed E-state index contributed by atoms with van der Waals surface area (Å²) in [7, 11) is 0. The Morgan fingerprint density at radius 1 is 1.44 bits per heavy atom. The monoisotopic (exact) mass is 282 g/mol. The summed E-state index contributed by atoms with van der Waals surface area (Å²) in [6.07, 6.45) is 0. The minimum absolute atomic E-state index is 0.102. The molecule has 0 saturated heterocycles. The fourth-order valence-electron chi connectivity index (χ4n) is 1.18. The van der Waals surface area contributed by atoms with Crippen LogP contribution >= 0.6 is 22.7 Å². The van der Waals surface area contributed by atoms with Crippen molar-refractivity contribution >= 4 is 39.7 Å². The third-order valence-electron chi connectivity index (χ3n) is 1.94. The number of nitrogens with zero attached hydrogens (tertiary/aromatic N) is 1. The minimum atomic E-state index is -0.370. The summed E-state index contributed by atoms with van der Waals surface area (Å²) in [4.78, 5) is 26.5. The Labute approximate surface area is 111 Å². The SMILES string of the molecule is CC(=O)Nc1nc(COC(=O)c2ccsc2)cs1. The largest absolute Gasteiger partial charge is 0.456 e. The van der Waals surface area contributed by atoms with Gasteiger partial charge in [0.1, 0.15) is 6.61 Å². The molecule has 2 aromatic rings. The molecule has 94 valence electrons. The van der Waals surface area contributed by atoms with E-state index in [1.54, 1.807) is 16.8 Å². The van der Waals surface area contributed by atoms with Gasteiger partial charge in [-0.2, -0.15) is 11.3 Å². The van der Waals surface area contributed by atoms with Crippen LogP contribution in [-0.2, 0) is 16.1 Å². The van der Waals surface area contributed by atoms with Crippen molar-refractivity contribution in [3.05, 3.63) is 33.5 Å². The highest BCUT2D eigenvalue weighted by atomic mass is 32.1. The van der Waals surface area contributed by atoms with Crippen molar-refractivity contribution in [2.45, 2.75) is 13.5 Å². The first kappa shape index (κ1) is 12.7. The fraction of sp³-hybridized carbons (Fsp3) is 0.182. The zero-order valence-corrected chi connectivity index (χ0v) is 11.1. The first-order valence-corrected chi connectivity index (χ1v) is 6.88. The smallest absolute Gasteiger partial charge is 0.339 e. The van der Waals surface area contributed by atoms with Crippen LogP contribution in [0, 0.1) is 0 Å². The fourth-order valence-corrected chi connectivity index (χ4v) is 2.55. The molecule has 0 spiro atoms. The average molecular weight is 282 g/mol. The summed E-state index contributed by atoms with van der Waals surface area (Å²) in [6, 6.07) is 1.71. The Morgan fingerprint density at radius 2 is 2.28 bits per heavy atom. The molecule has 0 saturated carbocycles. The predicted molar refractivity (Wildman–Crippen MR) is 69.9 cm³/mol. The Morgan fingerprint density at radius 3 is 2.94 bits per heavy atom. The third-order valence-corrected chi connectivity index (χ3v) is 3.43. The van der Waals surface area contributed by atoms with E-state index in [2.05, 4.69) is 10.3 Å². The van der Waals surface area contributed by atoms with Crippen LogP contribution in [0.2, 0.25) is 0 Å². The van der Waals surface area contributed by atoms with Gasteiger partial charge in [0.2, 0.25) is 5.91 Å². The Balaban J connectivity index is 1.88. The summed E-state index contributed by atoms with van der Waals surface area (Å²) in [5, 5.41) is 8.36. The van der Waals surface area contributed by atoms with E-state index in [9.17, 15) is 9.59 Å². The van der Waals surface area contributed by atoms with E-state index >= 15 is 0 Å². The molecule has 0 aliphatic rings. The van der Waals surface area contributed by atoms with E-state index in [0.29, 0.717) is 16.4 Å². The van der Waals surface area contributed by atoms with Crippen molar-refractivity contribution in [1.82, 2.24) is 4.98 Å². The number of aromatic nitrogens is 1. The quantitative estimate of drug-likeness (QED) is 0.875. The molecule has 5 nitrogen and oxygen atoms in total. The molecular formula is C11H10N2O3S2. The first-order chi connectivity index (χ1) is 8.65. The van der Waals surface area contributed by atoms with Gasteiger partial charge >= 0.3 is 5.97 Å². The van der Waals surface area contributed by atoms with E-state index in [4.69, 9.17) is 4.74 Å². The number of nitrogens with one attached hydrogen (secondary N) is 1. The van der Waals surface area contributed by atoms with Crippen molar-refractivity contribution in [2.24, 2.45) is 0 Å². The molecule has 2 rings (SSSR count). The molecule has 1 amide bonds. The van der Waals surface area contributed by atoms with Gasteiger partial charge in [0.25, 0.3) is 0 Å². The molecule has 0 aliphatic heterocycles. The topological polar surface area (TPSA) is 68.3 Å². The molecule has 18 heavy (non-hydrogen) atoms. The molecule has 2 aromatic heterocycles.